The van der Waals surface area contributed by atoms with Crippen LogP contribution in [-0.2, 0) is 6.54 Å². The van der Waals surface area contributed by atoms with E-state index in [0.717, 1.165) is 17.9 Å². The SMILES string of the molecule is COc1cccn2c3ccccc3[n+](Cc3ccccc3)c12. The molecule has 2 heterocycles. The van der Waals surface area contributed by atoms with E-state index in [9.17, 15) is 0 Å². The first-order valence-corrected chi connectivity index (χ1v) is 7.38. The molecular formula is C19H17N2O+. The van der Waals surface area contributed by atoms with Gasteiger partial charge in [0.15, 0.2) is 11.0 Å². The zero-order chi connectivity index (χ0) is 14.9. The second-order valence-corrected chi connectivity index (χ2v) is 5.33. The Labute approximate surface area is 129 Å². The molecule has 0 atom stereocenters. The van der Waals surface area contributed by atoms with Gasteiger partial charge in [-0.15, -0.1) is 0 Å². The van der Waals surface area contributed by atoms with Crippen LogP contribution in [0.4, 0.5) is 0 Å². The number of hydrogen-bond donors (Lipinski definition) is 0. The van der Waals surface area contributed by atoms with E-state index < -0.39 is 0 Å². The minimum atomic E-state index is 0.818. The summed E-state index contributed by atoms with van der Waals surface area (Å²) in [7, 11) is 1.72. The van der Waals surface area contributed by atoms with Crippen molar-refractivity contribution >= 4 is 16.7 Å². The number of nitrogens with zero attached hydrogens (tertiary/aromatic N) is 2. The summed E-state index contributed by atoms with van der Waals surface area (Å²) in [5.41, 5.74) is 4.75. The Morgan fingerprint density at radius 3 is 2.50 bits per heavy atom. The molecular weight excluding hydrogens is 272 g/mol. The van der Waals surface area contributed by atoms with Crippen LogP contribution in [0.5, 0.6) is 5.75 Å². The van der Waals surface area contributed by atoms with Gasteiger partial charge in [-0.25, -0.2) is 4.57 Å². The summed E-state index contributed by atoms with van der Waals surface area (Å²) in [6.07, 6.45) is 2.08. The minimum absolute atomic E-state index is 0.818. The Hall–Kier alpha value is -2.81. The van der Waals surface area contributed by atoms with E-state index in [4.69, 9.17) is 4.74 Å². The summed E-state index contributed by atoms with van der Waals surface area (Å²) in [6.45, 7) is 0.818. The van der Waals surface area contributed by atoms with Crippen molar-refractivity contribution in [1.82, 2.24) is 4.40 Å². The van der Waals surface area contributed by atoms with Gasteiger partial charge >= 0.3 is 5.65 Å². The molecule has 108 valence electrons. The van der Waals surface area contributed by atoms with Crippen molar-refractivity contribution in [2.24, 2.45) is 0 Å². The van der Waals surface area contributed by atoms with Gasteiger partial charge in [0, 0.05) is 0 Å². The summed E-state index contributed by atoms with van der Waals surface area (Å²) in [5.74, 6) is 0.884. The lowest BCUT2D eigenvalue weighted by Crippen LogP contribution is -2.34. The van der Waals surface area contributed by atoms with Crippen molar-refractivity contribution in [2.45, 2.75) is 6.54 Å². The van der Waals surface area contributed by atoms with Crippen LogP contribution in [0.2, 0.25) is 0 Å². The van der Waals surface area contributed by atoms with Crippen LogP contribution < -0.4 is 9.30 Å². The predicted molar refractivity (Wildman–Crippen MR) is 87.2 cm³/mol. The minimum Gasteiger partial charge on any atom is -0.489 e. The van der Waals surface area contributed by atoms with E-state index in [0.29, 0.717) is 0 Å². The molecule has 0 unspecified atom stereocenters. The van der Waals surface area contributed by atoms with E-state index in [2.05, 4.69) is 63.7 Å². The van der Waals surface area contributed by atoms with Crippen molar-refractivity contribution in [1.29, 1.82) is 0 Å². The van der Waals surface area contributed by atoms with Crippen LogP contribution in [0.3, 0.4) is 0 Å². The Morgan fingerprint density at radius 1 is 0.909 bits per heavy atom. The fourth-order valence-electron chi connectivity index (χ4n) is 3.03. The average Bonchev–Trinajstić information content (AvgIpc) is 2.90. The number of hydrogen-bond acceptors (Lipinski definition) is 1. The van der Waals surface area contributed by atoms with Gasteiger partial charge in [-0.3, -0.25) is 0 Å². The number of imidazole rings is 1. The summed E-state index contributed by atoms with van der Waals surface area (Å²) in [4.78, 5) is 0. The number of ether oxygens (including phenoxy) is 1. The highest BCUT2D eigenvalue weighted by Gasteiger charge is 2.22. The Bertz CT molecular complexity index is 942. The first-order valence-electron chi connectivity index (χ1n) is 7.38. The van der Waals surface area contributed by atoms with Crippen molar-refractivity contribution in [2.75, 3.05) is 7.11 Å². The smallest absolute Gasteiger partial charge is 0.330 e. The fraction of sp³-hybridized carbons (Fsp3) is 0.105. The number of rotatable bonds is 3. The molecule has 0 saturated carbocycles. The molecule has 0 amide bonds. The molecule has 0 fully saturated rings. The topological polar surface area (TPSA) is 17.5 Å². The van der Waals surface area contributed by atoms with Gasteiger partial charge < -0.3 is 4.74 Å². The molecule has 0 bridgehead atoms. The largest absolute Gasteiger partial charge is 0.489 e. The average molecular weight is 289 g/mol. The summed E-state index contributed by atoms with van der Waals surface area (Å²) >= 11 is 0. The molecule has 4 aromatic rings. The van der Waals surface area contributed by atoms with Crippen LogP contribution in [0.15, 0.2) is 72.9 Å². The zero-order valence-corrected chi connectivity index (χ0v) is 12.4. The Kier molecular flexibility index (Phi) is 3.04. The number of benzene rings is 2. The number of pyridine rings is 1. The van der Waals surface area contributed by atoms with Crippen molar-refractivity contribution < 1.29 is 9.30 Å². The molecule has 0 aliphatic rings. The van der Waals surface area contributed by atoms with E-state index in [1.807, 2.05) is 18.2 Å². The fourth-order valence-corrected chi connectivity index (χ4v) is 3.03. The predicted octanol–water partition coefficient (Wildman–Crippen LogP) is 3.44. The molecule has 2 aromatic carbocycles. The maximum Gasteiger partial charge on any atom is 0.330 e. The second-order valence-electron chi connectivity index (χ2n) is 5.33. The maximum absolute atomic E-state index is 5.59. The lowest BCUT2D eigenvalue weighted by Gasteiger charge is -2.03. The Morgan fingerprint density at radius 2 is 1.68 bits per heavy atom. The zero-order valence-electron chi connectivity index (χ0n) is 12.4. The molecule has 3 nitrogen and oxygen atoms in total. The first kappa shape index (κ1) is 12.9. The Balaban J connectivity index is 2.05. The molecule has 4 rings (SSSR count). The summed E-state index contributed by atoms with van der Waals surface area (Å²) < 4.78 is 10.1. The third-order valence-electron chi connectivity index (χ3n) is 4.02. The van der Waals surface area contributed by atoms with Crippen molar-refractivity contribution in [3.63, 3.8) is 0 Å². The number of methoxy groups -OCH3 is 1. The molecule has 2 aromatic heterocycles. The third-order valence-corrected chi connectivity index (χ3v) is 4.02. The molecule has 0 saturated heterocycles. The van der Waals surface area contributed by atoms with Crippen LogP contribution in [0.1, 0.15) is 5.56 Å². The van der Waals surface area contributed by atoms with Crippen LogP contribution in [0, 0.1) is 0 Å². The highest BCUT2D eigenvalue weighted by Crippen LogP contribution is 2.22. The summed E-state index contributed by atoms with van der Waals surface area (Å²) in [6, 6.07) is 23.0. The number of aromatic nitrogens is 2. The quantitative estimate of drug-likeness (QED) is 0.528. The lowest BCUT2D eigenvalue weighted by atomic mass is 10.2. The third kappa shape index (κ3) is 1.94. The van der Waals surface area contributed by atoms with Crippen LogP contribution in [0.25, 0.3) is 16.7 Å². The highest BCUT2D eigenvalue weighted by molar-refractivity contribution is 5.77. The molecule has 22 heavy (non-hydrogen) atoms. The van der Waals surface area contributed by atoms with E-state index in [-0.39, 0.29) is 0 Å². The van der Waals surface area contributed by atoms with E-state index in [1.165, 1.54) is 16.6 Å². The van der Waals surface area contributed by atoms with Crippen molar-refractivity contribution in [3.8, 4) is 5.75 Å². The van der Waals surface area contributed by atoms with Gasteiger partial charge in [-0.05, 0) is 29.8 Å². The normalized spacial score (nSPS) is 11.1. The second kappa shape index (κ2) is 5.19. The van der Waals surface area contributed by atoms with Crippen LogP contribution in [-0.4, -0.2) is 11.5 Å². The molecule has 3 heteroatoms. The van der Waals surface area contributed by atoms with Crippen LogP contribution >= 0.6 is 0 Å². The standard InChI is InChI=1S/C19H17N2O/c1-22-18-12-7-13-20-16-10-5-6-11-17(16)21(19(18)20)14-15-8-3-2-4-9-15/h2-13H,14H2,1H3/q+1. The number of fused-ring (bicyclic) bond motifs is 3. The molecule has 0 radical (unpaired) electrons. The molecule has 0 N–H and O–H groups in total. The lowest BCUT2D eigenvalue weighted by molar-refractivity contribution is -0.636. The first-order chi connectivity index (χ1) is 10.9. The number of para-hydroxylation sites is 2. The van der Waals surface area contributed by atoms with Gasteiger partial charge in [0.05, 0.1) is 13.3 Å². The monoisotopic (exact) mass is 289 g/mol. The van der Waals surface area contributed by atoms with E-state index in [1.54, 1.807) is 7.11 Å². The molecule has 0 aliphatic heterocycles. The van der Waals surface area contributed by atoms with E-state index >= 15 is 0 Å². The van der Waals surface area contributed by atoms with Crippen molar-refractivity contribution in [3.05, 3.63) is 78.5 Å². The van der Waals surface area contributed by atoms with Gasteiger partial charge in [0.25, 0.3) is 0 Å². The molecule has 0 spiro atoms. The molecule has 0 aliphatic carbocycles. The van der Waals surface area contributed by atoms with Gasteiger partial charge in [-0.2, -0.15) is 4.40 Å². The van der Waals surface area contributed by atoms with Gasteiger partial charge in [0.2, 0.25) is 5.75 Å². The summed E-state index contributed by atoms with van der Waals surface area (Å²) in [5, 5.41) is 0. The van der Waals surface area contributed by atoms with Gasteiger partial charge in [0.1, 0.15) is 6.54 Å². The van der Waals surface area contributed by atoms with Gasteiger partial charge in [-0.1, -0.05) is 42.5 Å². The maximum atomic E-state index is 5.59. The highest BCUT2D eigenvalue weighted by atomic mass is 16.5.